The van der Waals surface area contributed by atoms with Gasteiger partial charge < -0.3 is 10.1 Å². The van der Waals surface area contributed by atoms with Crippen molar-refractivity contribution >= 4 is 50.7 Å². The molecule has 4 aromatic carbocycles. The average molecular weight is 404 g/mol. The fourth-order valence-electron chi connectivity index (χ4n) is 3.39. The van der Waals surface area contributed by atoms with E-state index in [1.165, 1.54) is 0 Å². The number of amides is 1. The minimum Gasteiger partial charge on any atom is -0.452 e. The van der Waals surface area contributed by atoms with Gasteiger partial charge in [0.25, 0.3) is 5.91 Å². The maximum Gasteiger partial charge on any atom is 0.339 e. The van der Waals surface area contributed by atoms with Crippen molar-refractivity contribution < 1.29 is 14.3 Å². The molecule has 0 bridgehead atoms. The van der Waals surface area contributed by atoms with Crippen LogP contribution in [0.1, 0.15) is 15.9 Å². The Morgan fingerprint density at radius 1 is 0.897 bits per heavy atom. The summed E-state index contributed by atoms with van der Waals surface area (Å²) in [5.74, 6) is -0.936. The van der Waals surface area contributed by atoms with Crippen molar-refractivity contribution in [3.05, 3.63) is 88.9 Å². The molecule has 0 saturated carbocycles. The third-order valence-corrected chi connectivity index (χ3v) is 5.01. The van der Waals surface area contributed by atoms with Gasteiger partial charge in [0.05, 0.1) is 5.56 Å². The fourth-order valence-corrected chi connectivity index (χ4v) is 3.62. The summed E-state index contributed by atoms with van der Waals surface area (Å²) in [4.78, 5) is 25.2. The van der Waals surface area contributed by atoms with E-state index in [2.05, 4.69) is 5.32 Å². The molecule has 1 amide bonds. The van der Waals surface area contributed by atoms with Gasteiger partial charge in [0, 0.05) is 10.7 Å². The Labute approximate surface area is 173 Å². The number of nitrogens with one attached hydrogen (secondary N) is 1. The maximum atomic E-state index is 12.9. The number of hydrogen-bond donors (Lipinski definition) is 1. The molecule has 0 aliphatic carbocycles. The number of halogens is 1. The number of carbonyl (C=O) groups excluding carboxylic acids is 2. The highest BCUT2D eigenvalue weighted by atomic mass is 35.5. The summed E-state index contributed by atoms with van der Waals surface area (Å²) in [7, 11) is 0. The maximum absolute atomic E-state index is 12.9. The Balaban J connectivity index is 1.58. The van der Waals surface area contributed by atoms with Gasteiger partial charge in [-0.15, -0.1) is 0 Å². The minimum absolute atomic E-state index is 0.377. The van der Waals surface area contributed by atoms with Crippen LogP contribution in [0.25, 0.3) is 21.5 Å². The van der Waals surface area contributed by atoms with Crippen LogP contribution in [0.2, 0.25) is 5.02 Å². The van der Waals surface area contributed by atoms with Crippen LogP contribution in [0.3, 0.4) is 0 Å². The molecular weight excluding hydrogens is 386 g/mol. The number of esters is 1. The van der Waals surface area contributed by atoms with Gasteiger partial charge in [-0.1, -0.05) is 60.1 Å². The van der Waals surface area contributed by atoms with E-state index < -0.39 is 11.9 Å². The van der Waals surface area contributed by atoms with Crippen LogP contribution >= 0.6 is 11.6 Å². The molecule has 0 spiro atoms. The second-order valence-electron chi connectivity index (χ2n) is 6.78. The standard InChI is InChI=1S/C24H18ClNO3/c1-15-12-18(25)10-11-21(15)26-22(27)14-29-24(28)23-19-8-4-2-6-16(19)13-17-7-3-5-9-20(17)23/h2-13H,14H2,1H3,(H,26,27). The molecule has 0 heterocycles. The molecule has 29 heavy (non-hydrogen) atoms. The zero-order valence-corrected chi connectivity index (χ0v) is 16.5. The SMILES string of the molecule is Cc1cc(Cl)ccc1NC(=O)COC(=O)c1c2ccccc2cc2ccccc12. The van der Waals surface area contributed by atoms with Gasteiger partial charge in [-0.3, -0.25) is 4.79 Å². The first kappa shape index (κ1) is 19.0. The van der Waals surface area contributed by atoms with Crippen LogP contribution in [-0.4, -0.2) is 18.5 Å². The first-order valence-corrected chi connectivity index (χ1v) is 9.54. The predicted molar refractivity (Wildman–Crippen MR) is 117 cm³/mol. The number of ether oxygens (including phenoxy) is 1. The second kappa shape index (κ2) is 7.94. The van der Waals surface area contributed by atoms with Crippen molar-refractivity contribution in [1.82, 2.24) is 0 Å². The molecular formula is C24H18ClNO3. The van der Waals surface area contributed by atoms with Crippen LogP contribution < -0.4 is 5.32 Å². The fraction of sp³-hybridized carbons (Fsp3) is 0.0833. The summed E-state index contributed by atoms with van der Waals surface area (Å²) in [5, 5.41) is 6.82. The predicted octanol–water partition coefficient (Wildman–Crippen LogP) is 5.75. The summed E-state index contributed by atoms with van der Waals surface area (Å²) in [6.07, 6.45) is 0. The molecule has 1 N–H and O–H groups in total. The summed E-state index contributed by atoms with van der Waals surface area (Å²) >= 11 is 5.94. The first-order valence-electron chi connectivity index (χ1n) is 9.16. The van der Waals surface area contributed by atoms with E-state index in [0.717, 1.165) is 27.1 Å². The molecule has 0 fully saturated rings. The largest absolute Gasteiger partial charge is 0.452 e. The van der Waals surface area contributed by atoms with Gasteiger partial charge >= 0.3 is 5.97 Å². The molecule has 5 heteroatoms. The van der Waals surface area contributed by atoms with E-state index in [4.69, 9.17) is 16.3 Å². The molecule has 4 nitrogen and oxygen atoms in total. The molecule has 0 aliphatic heterocycles. The number of aryl methyl sites for hydroxylation is 1. The van der Waals surface area contributed by atoms with Gasteiger partial charge in [-0.05, 0) is 58.3 Å². The zero-order valence-electron chi connectivity index (χ0n) is 15.7. The second-order valence-corrected chi connectivity index (χ2v) is 7.21. The highest BCUT2D eigenvalue weighted by Crippen LogP contribution is 2.29. The lowest BCUT2D eigenvalue weighted by Gasteiger charge is -2.12. The highest BCUT2D eigenvalue weighted by Gasteiger charge is 2.17. The Kier molecular flexibility index (Phi) is 5.19. The van der Waals surface area contributed by atoms with E-state index in [0.29, 0.717) is 16.3 Å². The Hall–Kier alpha value is -3.37. The molecule has 4 aromatic rings. The van der Waals surface area contributed by atoms with E-state index in [-0.39, 0.29) is 6.61 Å². The summed E-state index contributed by atoms with van der Waals surface area (Å²) < 4.78 is 5.36. The zero-order chi connectivity index (χ0) is 20.4. The summed E-state index contributed by atoms with van der Waals surface area (Å²) in [5.41, 5.74) is 1.93. The van der Waals surface area contributed by atoms with Crippen molar-refractivity contribution in [2.45, 2.75) is 6.92 Å². The number of fused-ring (bicyclic) bond motifs is 2. The number of anilines is 1. The Morgan fingerprint density at radius 2 is 1.52 bits per heavy atom. The normalized spacial score (nSPS) is 10.8. The summed E-state index contributed by atoms with van der Waals surface area (Å²) in [6.45, 7) is 1.47. The van der Waals surface area contributed by atoms with Crippen molar-refractivity contribution in [3.63, 3.8) is 0 Å². The molecule has 144 valence electrons. The monoisotopic (exact) mass is 403 g/mol. The Bertz CT molecular complexity index is 1200. The average Bonchev–Trinajstić information content (AvgIpc) is 2.72. The van der Waals surface area contributed by atoms with E-state index in [9.17, 15) is 9.59 Å². The van der Waals surface area contributed by atoms with Crippen LogP contribution in [-0.2, 0) is 9.53 Å². The van der Waals surface area contributed by atoms with Crippen LogP contribution in [0, 0.1) is 6.92 Å². The van der Waals surface area contributed by atoms with Crippen LogP contribution in [0.5, 0.6) is 0 Å². The van der Waals surface area contributed by atoms with Crippen LogP contribution in [0.15, 0.2) is 72.8 Å². The summed E-state index contributed by atoms with van der Waals surface area (Å²) in [6, 6.07) is 22.5. The lowest BCUT2D eigenvalue weighted by Crippen LogP contribution is -2.21. The van der Waals surface area contributed by atoms with Gasteiger partial charge in [0.15, 0.2) is 6.61 Å². The van der Waals surface area contributed by atoms with Crippen LogP contribution in [0.4, 0.5) is 5.69 Å². The minimum atomic E-state index is -0.527. The smallest absolute Gasteiger partial charge is 0.339 e. The number of hydrogen-bond acceptors (Lipinski definition) is 3. The quantitative estimate of drug-likeness (QED) is 0.348. The third kappa shape index (κ3) is 3.93. The van der Waals surface area contributed by atoms with Crippen molar-refractivity contribution in [3.8, 4) is 0 Å². The first-order chi connectivity index (χ1) is 14.0. The highest BCUT2D eigenvalue weighted by molar-refractivity contribution is 6.30. The Morgan fingerprint density at radius 3 is 2.14 bits per heavy atom. The van der Waals surface area contributed by atoms with Gasteiger partial charge in [0.2, 0.25) is 0 Å². The van der Waals surface area contributed by atoms with Gasteiger partial charge in [0.1, 0.15) is 0 Å². The van der Waals surface area contributed by atoms with Gasteiger partial charge in [-0.25, -0.2) is 4.79 Å². The van der Waals surface area contributed by atoms with E-state index in [1.807, 2.05) is 61.5 Å². The molecule has 0 radical (unpaired) electrons. The van der Waals surface area contributed by atoms with Crippen molar-refractivity contribution in [1.29, 1.82) is 0 Å². The lowest BCUT2D eigenvalue weighted by molar-refractivity contribution is -0.119. The topological polar surface area (TPSA) is 55.4 Å². The van der Waals surface area contributed by atoms with Crippen molar-refractivity contribution in [2.75, 3.05) is 11.9 Å². The molecule has 0 saturated heterocycles. The van der Waals surface area contributed by atoms with Gasteiger partial charge in [-0.2, -0.15) is 0 Å². The van der Waals surface area contributed by atoms with Crippen molar-refractivity contribution in [2.24, 2.45) is 0 Å². The number of benzene rings is 4. The number of rotatable bonds is 4. The molecule has 0 atom stereocenters. The molecule has 0 aliphatic rings. The lowest BCUT2D eigenvalue weighted by atomic mass is 9.97. The van der Waals surface area contributed by atoms with E-state index in [1.54, 1.807) is 18.2 Å². The number of carbonyl (C=O) groups is 2. The third-order valence-electron chi connectivity index (χ3n) is 4.77. The molecule has 4 rings (SSSR count). The molecule has 0 unspecified atom stereocenters. The molecule has 0 aromatic heterocycles. The van der Waals surface area contributed by atoms with E-state index >= 15 is 0 Å².